The lowest BCUT2D eigenvalue weighted by molar-refractivity contribution is -0.133. The molecule has 1 spiro atoms. The second kappa shape index (κ2) is 6.66. The van der Waals surface area contributed by atoms with E-state index in [1.807, 2.05) is 23.6 Å². The van der Waals surface area contributed by atoms with Gasteiger partial charge in [-0.25, -0.2) is 14.2 Å². The average molecular weight is 409 g/mol. The molecule has 3 heterocycles. The van der Waals surface area contributed by atoms with Crippen molar-refractivity contribution in [1.82, 2.24) is 15.2 Å². The third-order valence-corrected chi connectivity index (χ3v) is 6.16. The second-order valence-electron chi connectivity index (χ2n) is 6.97. The lowest BCUT2D eigenvalue weighted by Gasteiger charge is -2.33. The van der Waals surface area contributed by atoms with Gasteiger partial charge in [-0.1, -0.05) is 18.2 Å². The van der Waals surface area contributed by atoms with Gasteiger partial charge in [-0.05, 0) is 30.3 Å². The first kappa shape index (κ1) is 17.8. The Bertz CT molecular complexity index is 1110. The molecule has 3 amide bonds. The fourth-order valence-electron chi connectivity index (χ4n) is 3.78. The molecule has 146 valence electrons. The molecule has 1 aromatic heterocycles. The van der Waals surface area contributed by atoms with Gasteiger partial charge in [-0.3, -0.25) is 9.69 Å². The Morgan fingerprint density at radius 1 is 1.17 bits per heavy atom. The number of carbonyl (C=O) groups is 2. The van der Waals surface area contributed by atoms with E-state index in [1.54, 1.807) is 18.2 Å². The molecule has 5 rings (SSSR count). The summed E-state index contributed by atoms with van der Waals surface area (Å²) in [5, 5.41) is 5.40. The number of amides is 3. The van der Waals surface area contributed by atoms with Crippen molar-refractivity contribution < 1.29 is 18.7 Å². The summed E-state index contributed by atoms with van der Waals surface area (Å²) in [6, 6.07) is 12.9. The molecule has 8 heteroatoms. The van der Waals surface area contributed by atoms with Crippen LogP contribution in [0.1, 0.15) is 17.7 Å². The fraction of sp³-hybridized carbons (Fsp3) is 0.190. The van der Waals surface area contributed by atoms with Gasteiger partial charge in [-0.15, -0.1) is 11.3 Å². The van der Waals surface area contributed by atoms with Crippen molar-refractivity contribution in [3.8, 4) is 16.3 Å². The summed E-state index contributed by atoms with van der Waals surface area (Å²) in [6.07, 6.45) is 0.378. The molecular weight excluding hydrogens is 393 g/mol. The highest BCUT2D eigenvalue weighted by molar-refractivity contribution is 7.13. The molecule has 1 fully saturated rings. The maximum atomic E-state index is 13.3. The van der Waals surface area contributed by atoms with Crippen LogP contribution >= 0.6 is 11.3 Å². The van der Waals surface area contributed by atoms with Gasteiger partial charge in [0.1, 0.15) is 16.6 Å². The molecule has 1 saturated heterocycles. The van der Waals surface area contributed by atoms with Crippen LogP contribution in [0.2, 0.25) is 0 Å². The molecule has 0 bridgehead atoms. The maximum absolute atomic E-state index is 13.3. The van der Waals surface area contributed by atoms with E-state index in [1.165, 1.54) is 28.4 Å². The van der Waals surface area contributed by atoms with E-state index < -0.39 is 11.6 Å². The molecule has 2 aliphatic rings. The van der Waals surface area contributed by atoms with Crippen molar-refractivity contribution >= 4 is 23.3 Å². The molecule has 0 unspecified atom stereocenters. The predicted octanol–water partition coefficient (Wildman–Crippen LogP) is 3.68. The fourth-order valence-corrected chi connectivity index (χ4v) is 4.60. The Kier molecular flexibility index (Phi) is 4.09. The van der Waals surface area contributed by atoms with Crippen LogP contribution in [0.25, 0.3) is 10.6 Å². The molecule has 0 radical (unpaired) electrons. The highest BCUT2D eigenvalue weighted by atomic mass is 32.1. The van der Waals surface area contributed by atoms with E-state index in [0.29, 0.717) is 35.0 Å². The number of thiazole rings is 1. The normalized spacial score (nSPS) is 20.5. The summed E-state index contributed by atoms with van der Waals surface area (Å²) in [7, 11) is 0. The van der Waals surface area contributed by atoms with Gasteiger partial charge < -0.3 is 10.1 Å². The number of nitrogens with one attached hydrogen (secondary N) is 1. The third kappa shape index (κ3) is 2.87. The highest BCUT2D eigenvalue weighted by Gasteiger charge is 2.54. The predicted molar refractivity (Wildman–Crippen MR) is 105 cm³/mol. The van der Waals surface area contributed by atoms with Gasteiger partial charge in [0.15, 0.2) is 5.54 Å². The Morgan fingerprint density at radius 3 is 2.79 bits per heavy atom. The molecule has 2 aromatic carbocycles. The molecular formula is C21H16FN3O3S. The van der Waals surface area contributed by atoms with Crippen LogP contribution in [0.15, 0.2) is 53.9 Å². The number of para-hydroxylation sites is 1. The summed E-state index contributed by atoms with van der Waals surface area (Å²) >= 11 is 1.39. The molecule has 6 nitrogen and oxygen atoms in total. The van der Waals surface area contributed by atoms with Crippen LogP contribution in [0.5, 0.6) is 5.75 Å². The first-order valence-corrected chi connectivity index (χ1v) is 10.0. The topological polar surface area (TPSA) is 71.5 Å². The molecule has 3 aromatic rings. The lowest BCUT2D eigenvalue weighted by Crippen LogP contribution is -2.47. The average Bonchev–Trinajstić information content (AvgIpc) is 3.29. The van der Waals surface area contributed by atoms with Gasteiger partial charge in [0.25, 0.3) is 5.91 Å². The number of imide groups is 1. The number of aromatic nitrogens is 1. The molecule has 0 saturated carbocycles. The Hall–Kier alpha value is -3.26. The number of benzene rings is 2. The summed E-state index contributed by atoms with van der Waals surface area (Å²) in [4.78, 5) is 31.7. The monoisotopic (exact) mass is 409 g/mol. The van der Waals surface area contributed by atoms with Gasteiger partial charge in [0.05, 0.1) is 18.8 Å². The van der Waals surface area contributed by atoms with Crippen LogP contribution < -0.4 is 10.1 Å². The van der Waals surface area contributed by atoms with Crippen LogP contribution in [0, 0.1) is 5.82 Å². The van der Waals surface area contributed by atoms with Crippen molar-refractivity contribution in [2.45, 2.75) is 18.5 Å². The zero-order valence-electron chi connectivity index (χ0n) is 15.2. The minimum atomic E-state index is -1.10. The number of ether oxygens (including phenoxy) is 1. The number of rotatable bonds is 3. The number of nitrogens with zero attached hydrogens (tertiary/aromatic N) is 2. The first-order chi connectivity index (χ1) is 14.1. The smallest absolute Gasteiger partial charge is 0.325 e. The van der Waals surface area contributed by atoms with E-state index in [4.69, 9.17) is 4.74 Å². The summed E-state index contributed by atoms with van der Waals surface area (Å²) in [5.41, 5.74) is 0.976. The van der Waals surface area contributed by atoms with E-state index >= 15 is 0 Å². The Labute approximate surface area is 169 Å². The van der Waals surface area contributed by atoms with Crippen molar-refractivity contribution in [3.05, 3.63) is 71.0 Å². The zero-order chi connectivity index (χ0) is 20.0. The zero-order valence-corrected chi connectivity index (χ0v) is 16.0. The molecule has 1 atom stereocenters. The van der Waals surface area contributed by atoms with Crippen LogP contribution in [-0.2, 0) is 16.9 Å². The van der Waals surface area contributed by atoms with E-state index in [2.05, 4.69) is 10.3 Å². The van der Waals surface area contributed by atoms with Crippen LogP contribution in [0.3, 0.4) is 0 Å². The quantitative estimate of drug-likeness (QED) is 0.670. The first-order valence-electron chi connectivity index (χ1n) is 9.14. The van der Waals surface area contributed by atoms with Gasteiger partial charge in [-0.2, -0.15) is 0 Å². The summed E-state index contributed by atoms with van der Waals surface area (Å²) < 4.78 is 18.8. The maximum Gasteiger partial charge on any atom is 0.325 e. The van der Waals surface area contributed by atoms with E-state index in [0.717, 1.165) is 5.56 Å². The van der Waals surface area contributed by atoms with Gasteiger partial charge in [0, 0.05) is 22.9 Å². The van der Waals surface area contributed by atoms with E-state index in [9.17, 15) is 14.0 Å². The standard InChI is InChI=1S/C21H16FN3O3S/c22-14-7-5-13(6-8-14)18-23-15(12-29-18)11-25-19(26)21(24-20(25)27)9-10-28-17-4-2-1-3-16(17)21/h1-8,12H,9-11H2,(H,24,27)/t21-/m1/s1. The molecule has 29 heavy (non-hydrogen) atoms. The van der Waals surface area contributed by atoms with Crippen molar-refractivity contribution in [2.24, 2.45) is 0 Å². The van der Waals surface area contributed by atoms with Crippen LogP contribution in [0.4, 0.5) is 9.18 Å². The number of carbonyl (C=O) groups excluding carboxylic acids is 2. The minimum Gasteiger partial charge on any atom is -0.493 e. The Balaban J connectivity index is 1.42. The van der Waals surface area contributed by atoms with Crippen molar-refractivity contribution in [3.63, 3.8) is 0 Å². The Morgan fingerprint density at radius 2 is 1.97 bits per heavy atom. The number of urea groups is 1. The van der Waals surface area contributed by atoms with Crippen molar-refractivity contribution in [2.75, 3.05) is 6.61 Å². The summed E-state index contributed by atoms with van der Waals surface area (Å²) in [5.74, 6) is 0.00277. The molecule has 2 aliphatic heterocycles. The van der Waals surface area contributed by atoms with Gasteiger partial charge >= 0.3 is 6.03 Å². The van der Waals surface area contributed by atoms with Crippen molar-refractivity contribution in [1.29, 1.82) is 0 Å². The third-order valence-electron chi connectivity index (χ3n) is 5.22. The van der Waals surface area contributed by atoms with Gasteiger partial charge in [0.2, 0.25) is 0 Å². The number of hydrogen-bond acceptors (Lipinski definition) is 5. The largest absolute Gasteiger partial charge is 0.493 e. The molecule has 1 N–H and O–H groups in total. The lowest BCUT2D eigenvalue weighted by atomic mass is 9.84. The molecule has 0 aliphatic carbocycles. The van der Waals surface area contributed by atoms with Crippen LogP contribution in [-0.4, -0.2) is 28.4 Å². The SMILES string of the molecule is O=C1N[C@@]2(CCOc3ccccc32)C(=O)N1Cc1csc(-c2ccc(F)cc2)n1. The highest BCUT2D eigenvalue weighted by Crippen LogP contribution is 2.41. The van der Waals surface area contributed by atoms with E-state index in [-0.39, 0.29) is 18.3 Å². The number of fused-ring (bicyclic) bond motifs is 2. The number of halogens is 1. The summed E-state index contributed by atoms with van der Waals surface area (Å²) in [6.45, 7) is 0.426. The number of hydrogen-bond donors (Lipinski definition) is 1. The second-order valence-corrected chi connectivity index (χ2v) is 7.83. The minimum absolute atomic E-state index is 0.0765.